The van der Waals surface area contributed by atoms with Gasteiger partial charge in [-0.2, -0.15) is 5.10 Å². The zero-order valence-electron chi connectivity index (χ0n) is 21.2. The van der Waals surface area contributed by atoms with E-state index in [1.165, 1.54) is 10.7 Å². The van der Waals surface area contributed by atoms with E-state index in [1.807, 2.05) is 12.1 Å². The van der Waals surface area contributed by atoms with Gasteiger partial charge in [0.15, 0.2) is 0 Å². The quantitative estimate of drug-likeness (QED) is 0.247. The van der Waals surface area contributed by atoms with Gasteiger partial charge in [-0.1, -0.05) is 0 Å². The van der Waals surface area contributed by atoms with Crippen molar-refractivity contribution < 1.29 is 18.4 Å². The highest BCUT2D eigenvalue weighted by atomic mass is 19.3. The molecule has 1 aliphatic rings. The van der Waals surface area contributed by atoms with Gasteiger partial charge in [0, 0.05) is 61.3 Å². The second kappa shape index (κ2) is 10.7. The van der Waals surface area contributed by atoms with Gasteiger partial charge in [-0.25, -0.2) is 23.3 Å². The van der Waals surface area contributed by atoms with Crippen molar-refractivity contribution in [2.24, 2.45) is 0 Å². The first-order valence-electron chi connectivity index (χ1n) is 12.7. The third-order valence-corrected chi connectivity index (χ3v) is 6.73. The maximum Gasteiger partial charge on any atom is 0.255 e. The number of piperazine rings is 1. The molecule has 0 aromatic carbocycles. The van der Waals surface area contributed by atoms with Crippen molar-refractivity contribution in [3.8, 4) is 11.1 Å². The molecule has 13 heteroatoms. The lowest BCUT2D eigenvalue weighted by molar-refractivity contribution is 0.0893. The zero-order valence-corrected chi connectivity index (χ0v) is 21.2. The van der Waals surface area contributed by atoms with Gasteiger partial charge in [0.2, 0.25) is 0 Å². The summed E-state index contributed by atoms with van der Waals surface area (Å²) in [6, 6.07) is 8.85. The topological polar surface area (TPSA) is 132 Å². The minimum absolute atomic E-state index is 0.186. The van der Waals surface area contributed by atoms with Crippen LogP contribution in [0.1, 0.15) is 20.7 Å². The van der Waals surface area contributed by atoms with E-state index < -0.39 is 18.9 Å². The van der Waals surface area contributed by atoms with Crippen molar-refractivity contribution in [3.63, 3.8) is 0 Å². The number of alkyl halides is 2. The van der Waals surface area contributed by atoms with Crippen LogP contribution in [0.25, 0.3) is 27.7 Å². The first-order chi connectivity index (χ1) is 19.5. The van der Waals surface area contributed by atoms with Crippen molar-refractivity contribution in [1.29, 1.82) is 0 Å². The molecule has 0 saturated carbocycles. The summed E-state index contributed by atoms with van der Waals surface area (Å²) in [6.45, 7) is 2.63. The molecule has 5 aromatic heterocycles. The average Bonchev–Trinajstić information content (AvgIpc) is 3.60. The highest BCUT2D eigenvalue weighted by Crippen LogP contribution is 2.31. The molecule has 11 nitrogen and oxygen atoms in total. The summed E-state index contributed by atoms with van der Waals surface area (Å²) in [5, 5.41) is 13.3. The molecule has 6 rings (SSSR count). The number of pyridine rings is 3. The summed E-state index contributed by atoms with van der Waals surface area (Å²) in [6.07, 6.45) is 5.37. The summed E-state index contributed by atoms with van der Waals surface area (Å²) >= 11 is 0. The lowest BCUT2D eigenvalue weighted by Gasteiger charge is -2.28. The van der Waals surface area contributed by atoms with Crippen LogP contribution in [0.3, 0.4) is 0 Å². The molecule has 1 fully saturated rings. The molecule has 204 valence electrons. The Kier molecular flexibility index (Phi) is 6.78. The summed E-state index contributed by atoms with van der Waals surface area (Å²) in [5.41, 5.74) is 3.80. The molecule has 0 spiro atoms. The standard InChI is InChI=1S/C27H25F2N9O2/c28-23(29)15-34-27(40)21-14-35-38-6-2-16(9-22(21)38)20-13-33-25-19(20)11-18(12-32-25)36-26(39)17-1-3-31-24(10-17)37-7-4-30-5-8-37/h1-3,6,9-14,23,30H,4-5,7-8,15H2,(H,32,33)(H,34,40)(H,36,39). The number of halogens is 2. The SMILES string of the molecule is O=C(Nc1cnc2[nH]cc(-c3ccn4ncc(C(=O)NCC(F)F)c4c3)c2c1)c1ccnc(N2CCNCC2)c1. The Morgan fingerprint density at radius 3 is 2.73 bits per heavy atom. The van der Waals surface area contributed by atoms with E-state index in [-0.39, 0.29) is 11.5 Å². The first kappa shape index (κ1) is 25.4. The molecule has 6 heterocycles. The number of nitrogens with one attached hydrogen (secondary N) is 4. The Bertz CT molecular complexity index is 1710. The van der Waals surface area contributed by atoms with E-state index in [0.717, 1.165) is 48.5 Å². The Morgan fingerprint density at radius 2 is 1.90 bits per heavy atom. The van der Waals surface area contributed by atoms with E-state index >= 15 is 0 Å². The van der Waals surface area contributed by atoms with Gasteiger partial charge in [0.1, 0.15) is 11.5 Å². The largest absolute Gasteiger partial charge is 0.354 e. The van der Waals surface area contributed by atoms with Crippen LogP contribution in [0, 0.1) is 0 Å². The van der Waals surface area contributed by atoms with Crippen LogP contribution >= 0.6 is 0 Å². The number of H-pyrrole nitrogens is 1. The van der Waals surface area contributed by atoms with Crippen molar-refractivity contribution in [2.75, 3.05) is 42.9 Å². The molecule has 1 saturated heterocycles. The van der Waals surface area contributed by atoms with Gasteiger partial charge in [-0.3, -0.25) is 9.59 Å². The molecular weight excluding hydrogens is 520 g/mol. The molecule has 40 heavy (non-hydrogen) atoms. The molecule has 2 amide bonds. The lowest BCUT2D eigenvalue weighted by atomic mass is 10.1. The van der Waals surface area contributed by atoms with Gasteiger partial charge in [-0.15, -0.1) is 0 Å². The molecule has 0 bridgehead atoms. The summed E-state index contributed by atoms with van der Waals surface area (Å²) < 4.78 is 26.7. The number of nitrogens with zero attached hydrogens (tertiary/aromatic N) is 5. The minimum Gasteiger partial charge on any atom is -0.354 e. The number of carbonyl (C=O) groups excluding carboxylic acids is 2. The third kappa shape index (κ3) is 5.06. The molecule has 0 unspecified atom stereocenters. The fourth-order valence-electron chi connectivity index (χ4n) is 4.73. The van der Waals surface area contributed by atoms with Crippen molar-refractivity contribution in [2.45, 2.75) is 6.43 Å². The maximum absolute atomic E-state index is 13.1. The number of aromatic nitrogens is 5. The second-order valence-corrected chi connectivity index (χ2v) is 9.32. The maximum atomic E-state index is 13.1. The van der Waals surface area contributed by atoms with Crippen molar-refractivity contribution >= 4 is 39.9 Å². The molecule has 4 N–H and O–H groups in total. The second-order valence-electron chi connectivity index (χ2n) is 9.32. The summed E-state index contributed by atoms with van der Waals surface area (Å²) in [5.74, 6) is -0.153. The van der Waals surface area contributed by atoms with E-state index in [0.29, 0.717) is 22.4 Å². The first-order valence-corrected chi connectivity index (χ1v) is 12.7. The lowest BCUT2D eigenvalue weighted by Crippen LogP contribution is -2.43. The Morgan fingerprint density at radius 1 is 1.05 bits per heavy atom. The number of fused-ring (bicyclic) bond motifs is 2. The minimum atomic E-state index is -2.65. The van der Waals surface area contributed by atoms with Crippen molar-refractivity contribution in [3.05, 3.63) is 72.4 Å². The number of carbonyl (C=O) groups is 2. The molecule has 0 atom stereocenters. The van der Waals surface area contributed by atoms with E-state index in [9.17, 15) is 18.4 Å². The van der Waals surface area contributed by atoms with Crippen LogP contribution in [0.2, 0.25) is 0 Å². The van der Waals surface area contributed by atoms with Gasteiger partial charge in [0.05, 0.1) is 35.7 Å². The summed E-state index contributed by atoms with van der Waals surface area (Å²) in [4.78, 5) is 39.7. The fraction of sp³-hybridized carbons (Fsp3) is 0.222. The van der Waals surface area contributed by atoms with E-state index in [1.54, 1.807) is 43.0 Å². The van der Waals surface area contributed by atoms with Gasteiger partial charge in [-0.05, 0) is 35.9 Å². The van der Waals surface area contributed by atoms with E-state index in [2.05, 4.69) is 40.9 Å². The Hall–Kier alpha value is -4.91. The van der Waals surface area contributed by atoms with Crippen LogP contribution in [-0.4, -0.2) is 75.5 Å². The number of rotatable bonds is 7. The fourth-order valence-corrected chi connectivity index (χ4v) is 4.73. The number of amides is 2. The number of hydrogen-bond donors (Lipinski definition) is 4. The zero-order chi connectivity index (χ0) is 27.6. The number of aromatic amines is 1. The molecular formula is C27H25F2N9O2. The summed E-state index contributed by atoms with van der Waals surface area (Å²) in [7, 11) is 0. The monoisotopic (exact) mass is 545 g/mol. The smallest absolute Gasteiger partial charge is 0.255 e. The Labute approximate surface area is 226 Å². The van der Waals surface area contributed by atoms with Crippen LogP contribution in [0.5, 0.6) is 0 Å². The average molecular weight is 546 g/mol. The van der Waals surface area contributed by atoms with Gasteiger partial charge in [0.25, 0.3) is 18.2 Å². The predicted molar refractivity (Wildman–Crippen MR) is 146 cm³/mol. The highest BCUT2D eigenvalue weighted by molar-refractivity contribution is 6.06. The molecule has 0 radical (unpaired) electrons. The normalized spacial score (nSPS) is 13.7. The van der Waals surface area contributed by atoms with Crippen LogP contribution in [0.4, 0.5) is 20.3 Å². The number of hydrogen-bond acceptors (Lipinski definition) is 7. The van der Waals surface area contributed by atoms with Crippen LogP contribution < -0.4 is 20.9 Å². The molecule has 0 aliphatic carbocycles. The van der Waals surface area contributed by atoms with Gasteiger partial charge < -0.3 is 25.8 Å². The Balaban J connectivity index is 1.26. The van der Waals surface area contributed by atoms with Crippen LogP contribution in [0.15, 0.2) is 61.3 Å². The van der Waals surface area contributed by atoms with Gasteiger partial charge >= 0.3 is 0 Å². The van der Waals surface area contributed by atoms with Crippen molar-refractivity contribution in [1.82, 2.24) is 35.2 Å². The molecule has 1 aliphatic heterocycles. The third-order valence-electron chi connectivity index (χ3n) is 6.73. The van der Waals surface area contributed by atoms with E-state index in [4.69, 9.17) is 0 Å². The van der Waals surface area contributed by atoms with Crippen LogP contribution in [-0.2, 0) is 0 Å². The molecule has 5 aromatic rings. The highest BCUT2D eigenvalue weighted by Gasteiger charge is 2.18. The number of anilines is 2. The predicted octanol–water partition coefficient (Wildman–Crippen LogP) is 2.93.